The van der Waals surface area contributed by atoms with Crippen molar-refractivity contribution in [2.75, 3.05) is 13.7 Å². The molecule has 1 heterocycles. The normalized spacial score (nSPS) is 19.4. The topological polar surface area (TPSA) is 87.7 Å². The van der Waals surface area contributed by atoms with E-state index in [1.165, 1.54) is 0 Å². The summed E-state index contributed by atoms with van der Waals surface area (Å²) in [7, 11) is 1.54. The lowest BCUT2D eigenvalue weighted by Gasteiger charge is -2.28. The highest BCUT2D eigenvalue weighted by molar-refractivity contribution is 6.09. The SMILES string of the molecule is C#CC(CC)(CC)NC(=O)CN1C(=O)NC(C)(c2ccc(OC)cc2)C1=O. The van der Waals surface area contributed by atoms with E-state index in [1.807, 2.05) is 13.8 Å². The molecule has 0 saturated carbocycles. The Morgan fingerprint density at radius 3 is 2.37 bits per heavy atom. The van der Waals surface area contributed by atoms with Crippen LogP contribution in [0.3, 0.4) is 0 Å². The number of hydrogen-bond acceptors (Lipinski definition) is 4. The van der Waals surface area contributed by atoms with Crippen LogP contribution in [0.5, 0.6) is 5.75 Å². The van der Waals surface area contributed by atoms with Crippen molar-refractivity contribution in [2.24, 2.45) is 0 Å². The van der Waals surface area contributed by atoms with Gasteiger partial charge in [-0.05, 0) is 37.5 Å². The number of nitrogens with zero attached hydrogens (tertiary/aromatic N) is 1. The molecule has 0 spiro atoms. The van der Waals surface area contributed by atoms with Gasteiger partial charge in [-0.1, -0.05) is 31.9 Å². The Morgan fingerprint density at radius 2 is 1.89 bits per heavy atom. The van der Waals surface area contributed by atoms with Crippen molar-refractivity contribution in [3.63, 3.8) is 0 Å². The molecular weight excluding hydrogens is 346 g/mol. The van der Waals surface area contributed by atoms with E-state index in [4.69, 9.17) is 11.2 Å². The van der Waals surface area contributed by atoms with Crippen LogP contribution >= 0.6 is 0 Å². The van der Waals surface area contributed by atoms with Gasteiger partial charge < -0.3 is 15.4 Å². The quantitative estimate of drug-likeness (QED) is 0.565. The Morgan fingerprint density at radius 1 is 1.30 bits per heavy atom. The fourth-order valence-electron chi connectivity index (χ4n) is 3.08. The zero-order valence-electron chi connectivity index (χ0n) is 16.1. The van der Waals surface area contributed by atoms with Crippen LogP contribution in [-0.2, 0) is 15.1 Å². The number of terminal acetylenes is 1. The molecule has 1 aliphatic rings. The highest BCUT2D eigenvalue weighted by Crippen LogP contribution is 2.30. The Hall–Kier alpha value is -3.01. The second-order valence-electron chi connectivity index (χ2n) is 6.66. The van der Waals surface area contributed by atoms with Gasteiger partial charge in [0.05, 0.1) is 7.11 Å². The van der Waals surface area contributed by atoms with Gasteiger partial charge in [0.1, 0.15) is 23.4 Å². The van der Waals surface area contributed by atoms with Gasteiger partial charge in [0.15, 0.2) is 0 Å². The Kier molecular flexibility index (Phi) is 5.79. The molecule has 0 aliphatic carbocycles. The largest absolute Gasteiger partial charge is 0.497 e. The van der Waals surface area contributed by atoms with Crippen LogP contribution in [0.15, 0.2) is 24.3 Å². The van der Waals surface area contributed by atoms with Crippen LogP contribution in [0.1, 0.15) is 39.2 Å². The second kappa shape index (κ2) is 7.70. The number of imide groups is 1. The maximum atomic E-state index is 12.9. The van der Waals surface area contributed by atoms with E-state index < -0.39 is 28.9 Å². The minimum atomic E-state index is -1.25. The molecule has 7 heteroatoms. The Balaban J connectivity index is 2.18. The summed E-state index contributed by atoms with van der Waals surface area (Å²) in [5.74, 6) is 2.27. The molecule has 1 saturated heterocycles. The first-order chi connectivity index (χ1) is 12.7. The van der Waals surface area contributed by atoms with Gasteiger partial charge in [-0.3, -0.25) is 14.5 Å². The molecular formula is C20H25N3O4. The maximum Gasteiger partial charge on any atom is 0.325 e. The molecule has 4 amide bonds. The summed E-state index contributed by atoms with van der Waals surface area (Å²) in [6.45, 7) is 4.97. The van der Waals surface area contributed by atoms with Gasteiger partial charge in [0.25, 0.3) is 5.91 Å². The summed E-state index contributed by atoms with van der Waals surface area (Å²) in [6.07, 6.45) is 6.65. The summed E-state index contributed by atoms with van der Waals surface area (Å²) in [5, 5.41) is 5.43. The Bertz CT molecular complexity index is 777. The van der Waals surface area contributed by atoms with E-state index in [2.05, 4.69) is 16.6 Å². The first-order valence-electron chi connectivity index (χ1n) is 8.82. The summed E-state index contributed by atoms with van der Waals surface area (Å²) in [6, 6.07) is 6.21. The van der Waals surface area contributed by atoms with Gasteiger partial charge >= 0.3 is 6.03 Å². The second-order valence-corrected chi connectivity index (χ2v) is 6.66. The smallest absolute Gasteiger partial charge is 0.325 e. The minimum absolute atomic E-state index is 0.389. The van der Waals surface area contributed by atoms with Crippen molar-refractivity contribution >= 4 is 17.8 Å². The number of nitrogens with one attached hydrogen (secondary N) is 2. The van der Waals surface area contributed by atoms with Crippen LogP contribution in [-0.4, -0.2) is 41.9 Å². The number of amides is 4. The van der Waals surface area contributed by atoms with Crippen LogP contribution in [0, 0.1) is 12.3 Å². The molecule has 144 valence electrons. The van der Waals surface area contributed by atoms with Crippen molar-refractivity contribution < 1.29 is 19.1 Å². The third-order valence-corrected chi connectivity index (χ3v) is 5.11. The minimum Gasteiger partial charge on any atom is -0.497 e. The van der Waals surface area contributed by atoms with Gasteiger partial charge in [-0.15, -0.1) is 6.42 Å². The van der Waals surface area contributed by atoms with Crippen LogP contribution < -0.4 is 15.4 Å². The molecule has 0 aromatic heterocycles. The lowest BCUT2D eigenvalue weighted by atomic mass is 9.92. The number of methoxy groups -OCH3 is 1. The lowest BCUT2D eigenvalue weighted by molar-refractivity contribution is -0.135. The van der Waals surface area contributed by atoms with E-state index in [1.54, 1.807) is 38.3 Å². The van der Waals surface area contributed by atoms with E-state index >= 15 is 0 Å². The first kappa shape index (κ1) is 20.3. The standard InChI is InChI=1S/C20H25N3O4/c1-6-20(7-2,8-3)21-16(24)13-23-17(25)19(4,22-18(23)26)14-9-11-15(27-5)12-10-14/h1,9-12H,7-8,13H2,2-5H3,(H,21,24)(H,22,26). The van der Waals surface area contributed by atoms with Crippen LogP contribution in [0.25, 0.3) is 0 Å². The zero-order valence-corrected chi connectivity index (χ0v) is 16.1. The molecule has 2 rings (SSSR count). The summed E-state index contributed by atoms with van der Waals surface area (Å²) in [5.41, 5.74) is -1.43. The molecule has 1 unspecified atom stereocenters. The number of carbonyl (C=O) groups is 3. The Labute approximate surface area is 159 Å². The highest BCUT2D eigenvalue weighted by atomic mass is 16.5. The van der Waals surface area contributed by atoms with Crippen molar-refractivity contribution in [1.82, 2.24) is 15.5 Å². The number of benzene rings is 1. The first-order valence-corrected chi connectivity index (χ1v) is 8.82. The van der Waals surface area contributed by atoms with Gasteiger partial charge in [-0.25, -0.2) is 4.79 Å². The van der Waals surface area contributed by atoms with E-state index in [0.717, 1.165) is 4.90 Å². The zero-order chi connectivity index (χ0) is 20.2. The molecule has 7 nitrogen and oxygen atoms in total. The van der Waals surface area contributed by atoms with Crippen LogP contribution in [0.2, 0.25) is 0 Å². The fraction of sp³-hybridized carbons (Fsp3) is 0.450. The number of hydrogen-bond donors (Lipinski definition) is 2. The molecule has 1 aliphatic heterocycles. The van der Waals surface area contributed by atoms with Gasteiger partial charge in [0, 0.05) is 0 Å². The van der Waals surface area contributed by atoms with Crippen LogP contribution in [0.4, 0.5) is 4.79 Å². The fourth-order valence-corrected chi connectivity index (χ4v) is 3.08. The third-order valence-electron chi connectivity index (χ3n) is 5.11. The number of urea groups is 1. The molecule has 1 fully saturated rings. The van der Waals surface area contributed by atoms with Crippen molar-refractivity contribution in [3.8, 4) is 18.1 Å². The average molecular weight is 371 g/mol. The molecule has 0 bridgehead atoms. The molecule has 27 heavy (non-hydrogen) atoms. The summed E-state index contributed by atoms with van der Waals surface area (Å²) >= 11 is 0. The molecule has 1 aromatic rings. The molecule has 0 radical (unpaired) electrons. The van der Waals surface area contributed by atoms with Crippen molar-refractivity contribution in [3.05, 3.63) is 29.8 Å². The maximum absolute atomic E-state index is 12.9. The summed E-state index contributed by atoms with van der Waals surface area (Å²) in [4.78, 5) is 38.6. The number of ether oxygens (including phenoxy) is 1. The van der Waals surface area contributed by atoms with E-state index in [9.17, 15) is 14.4 Å². The van der Waals surface area contributed by atoms with E-state index in [0.29, 0.717) is 24.2 Å². The molecule has 1 atom stereocenters. The predicted octanol–water partition coefficient (Wildman–Crippen LogP) is 1.77. The third kappa shape index (κ3) is 3.75. The molecule has 2 N–H and O–H groups in total. The lowest BCUT2D eigenvalue weighted by Crippen LogP contribution is -2.51. The van der Waals surface area contributed by atoms with Gasteiger partial charge in [-0.2, -0.15) is 0 Å². The van der Waals surface area contributed by atoms with Crippen molar-refractivity contribution in [2.45, 2.75) is 44.7 Å². The van der Waals surface area contributed by atoms with Crippen molar-refractivity contribution in [1.29, 1.82) is 0 Å². The highest BCUT2D eigenvalue weighted by Gasteiger charge is 2.49. The monoisotopic (exact) mass is 371 g/mol. The number of rotatable bonds is 7. The average Bonchev–Trinajstić information content (AvgIpc) is 2.90. The molecule has 1 aromatic carbocycles. The van der Waals surface area contributed by atoms with Gasteiger partial charge in [0.2, 0.25) is 5.91 Å². The van der Waals surface area contributed by atoms with E-state index in [-0.39, 0.29) is 6.54 Å². The predicted molar refractivity (Wildman–Crippen MR) is 101 cm³/mol. The number of carbonyl (C=O) groups excluding carboxylic acids is 3. The summed E-state index contributed by atoms with van der Waals surface area (Å²) < 4.78 is 5.11.